The van der Waals surface area contributed by atoms with Crippen LogP contribution in [0.5, 0.6) is 0 Å². The van der Waals surface area contributed by atoms with Crippen LogP contribution in [0.2, 0.25) is 5.02 Å². The molecule has 21 heavy (non-hydrogen) atoms. The molecule has 0 atom stereocenters. The molecule has 2 aromatic heterocycles. The molecular formula is C12H10BrClN2O3S2. The minimum absolute atomic E-state index is 0.0736. The fraction of sp³-hybridized carbons (Fsp3) is 0.250. The van der Waals surface area contributed by atoms with E-state index in [-0.39, 0.29) is 23.7 Å². The van der Waals surface area contributed by atoms with Crippen molar-refractivity contribution in [3.63, 3.8) is 0 Å². The Kier molecular flexibility index (Phi) is 5.46. The number of furan rings is 1. The van der Waals surface area contributed by atoms with Gasteiger partial charge in [0.1, 0.15) is 9.97 Å². The van der Waals surface area contributed by atoms with Gasteiger partial charge in [-0.2, -0.15) is 9.57 Å². The largest absolute Gasteiger partial charge is 0.468 e. The van der Waals surface area contributed by atoms with E-state index in [1.54, 1.807) is 12.1 Å². The molecule has 2 heterocycles. The predicted octanol–water partition coefficient (Wildman–Crippen LogP) is 3.86. The van der Waals surface area contributed by atoms with Crippen molar-refractivity contribution in [2.45, 2.75) is 17.2 Å². The lowest BCUT2D eigenvalue weighted by molar-refractivity contribution is 0.369. The molecule has 0 aliphatic heterocycles. The summed E-state index contributed by atoms with van der Waals surface area (Å²) in [7, 11) is -3.72. The molecule has 0 aliphatic carbocycles. The first-order chi connectivity index (χ1) is 9.95. The lowest BCUT2D eigenvalue weighted by Crippen LogP contribution is -2.30. The van der Waals surface area contributed by atoms with E-state index in [9.17, 15) is 8.42 Å². The summed E-state index contributed by atoms with van der Waals surface area (Å²) in [6.45, 7) is 0.164. The normalized spacial score (nSPS) is 11.7. The van der Waals surface area contributed by atoms with E-state index in [0.717, 1.165) is 11.3 Å². The Bertz CT molecular complexity index is 731. The number of thiophene rings is 1. The van der Waals surface area contributed by atoms with E-state index in [1.807, 2.05) is 6.07 Å². The van der Waals surface area contributed by atoms with E-state index >= 15 is 0 Å². The molecule has 0 N–H and O–H groups in total. The summed E-state index contributed by atoms with van der Waals surface area (Å²) >= 11 is 10.1. The Morgan fingerprint density at radius 3 is 2.81 bits per heavy atom. The number of nitriles is 1. The minimum atomic E-state index is -3.72. The van der Waals surface area contributed by atoms with Gasteiger partial charge in [0.2, 0.25) is 0 Å². The van der Waals surface area contributed by atoms with Crippen LogP contribution in [-0.2, 0) is 16.6 Å². The Morgan fingerprint density at radius 1 is 1.52 bits per heavy atom. The summed E-state index contributed by atoms with van der Waals surface area (Å²) in [5.74, 6) is 0.512. The van der Waals surface area contributed by atoms with Crippen molar-refractivity contribution in [2.75, 3.05) is 6.54 Å². The zero-order valence-corrected chi connectivity index (χ0v) is 14.6. The zero-order chi connectivity index (χ0) is 15.5. The van der Waals surface area contributed by atoms with Gasteiger partial charge in [-0.1, -0.05) is 11.6 Å². The van der Waals surface area contributed by atoms with Gasteiger partial charge in [-0.25, -0.2) is 8.42 Å². The molecule has 2 rings (SSSR count). The van der Waals surface area contributed by atoms with E-state index in [2.05, 4.69) is 15.9 Å². The fourth-order valence-corrected chi connectivity index (χ4v) is 5.58. The van der Waals surface area contributed by atoms with Crippen LogP contribution < -0.4 is 0 Å². The molecule has 9 heteroatoms. The van der Waals surface area contributed by atoms with Crippen LogP contribution in [0.1, 0.15) is 12.2 Å². The number of halogens is 2. The standard InChI is InChI=1S/C12H10BrClN2O3S2/c13-12-10(14)7-11(20-12)21(17,18)16(5-2-4-15)8-9-3-1-6-19-9/h1,3,6-7H,2,5,8H2. The van der Waals surface area contributed by atoms with Crippen LogP contribution >= 0.6 is 38.9 Å². The first-order valence-electron chi connectivity index (χ1n) is 5.79. The summed E-state index contributed by atoms with van der Waals surface area (Å²) in [6.07, 6.45) is 1.57. The Labute approximate surface area is 139 Å². The predicted molar refractivity (Wildman–Crippen MR) is 83.6 cm³/mol. The molecule has 0 radical (unpaired) electrons. The second kappa shape index (κ2) is 6.94. The maximum absolute atomic E-state index is 12.6. The summed E-state index contributed by atoms with van der Waals surface area (Å²) in [5, 5.41) is 9.05. The second-order valence-electron chi connectivity index (χ2n) is 4.01. The number of sulfonamides is 1. The van der Waals surface area contributed by atoms with Crippen molar-refractivity contribution < 1.29 is 12.8 Å². The number of nitrogens with zero attached hydrogens (tertiary/aromatic N) is 2. The molecule has 0 spiro atoms. The van der Waals surface area contributed by atoms with Crippen LogP contribution in [0.25, 0.3) is 0 Å². The maximum atomic E-state index is 12.6. The molecule has 0 fully saturated rings. The maximum Gasteiger partial charge on any atom is 0.253 e. The van der Waals surface area contributed by atoms with E-state index in [0.29, 0.717) is 14.6 Å². The first kappa shape index (κ1) is 16.5. The molecule has 2 aromatic rings. The molecule has 0 amide bonds. The van der Waals surface area contributed by atoms with Gasteiger partial charge < -0.3 is 4.42 Å². The number of hydrogen-bond donors (Lipinski definition) is 0. The molecule has 0 unspecified atom stereocenters. The lowest BCUT2D eigenvalue weighted by Gasteiger charge is -2.18. The lowest BCUT2D eigenvalue weighted by atomic mass is 10.4. The van der Waals surface area contributed by atoms with Gasteiger partial charge in [0, 0.05) is 13.0 Å². The van der Waals surface area contributed by atoms with E-state index in [1.165, 1.54) is 16.6 Å². The Morgan fingerprint density at radius 2 is 2.29 bits per heavy atom. The quantitative estimate of drug-likeness (QED) is 0.726. The number of hydrogen-bond acceptors (Lipinski definition) is 5. The van der Waals surface area contributed by atoms with Crippen LogP contribution in [0.15, 0.2) is 36.9 Å². The third-order valence-corrected chi connectivity index (χ3v) is 7.37. The molecule has 0 saturated carbocycles. The minimum Gasteiger partial charge on any atom is -0.468 e. The molecule has 5 nitrogen and oxygen atoms in total. The van der Waals surface area contributed by atoms with E-state index in [4.69, 9.17) is 21.3 Å². The Hall–Kier alpha value is -0.850. The monoisotopic (exact) mass is 408 g/mol. The van der Waals surface area contributed by atoms with Gasteiger partial charge >= 0.3 is 0 Å². The smallest absolute Gasteiger partial charge is 0.253 e. The van der Waals surface area contributed by atoms with Crippen LogP contribution in [0.3, 0.4) is 0 Å². The van der Waals surface area contributed by atoms with Crippen LogP contribution in [0.4, 0.5) is 0 Å². The fourth-order valence-electron chi connectivity index (χ4n) is 1.62. The summed E-state index contributed by atoms with van der Waals surface area (Å²) in [4.78, 5) is 0. The SMILES string of the molecule is N#CCCN(Cc1ccco1)S(=O)(=O)c1cc(Cl)c(Br)s1. The summed E-state index contributed by atoms with van der Waals surface area (Å²) in [5.41, 5.74) is 0. The van der Waals surface area contributed by atoms with Gasteiger partial charge in [-0.15, -0.1) is 11.3 Å². The highest BCUT2D eigenvalue weighted by Crippen LogP contribution is 2.36. The van der Waals surface area contributed by atoms with Crippen LogP contribution in [-0.4, -0.2) is 19.3 Å². The molecule has 0 bridgehead atoms. The van der Waals surface area contributed by atoms with Crippen molar-refractivity contribution in [3.05, 3.63) is 39.0 Å². The first-order valence-corrected chi connectivity index (χ1v) is 9.22. The van der Waals surface area contributed by atoms with Gasteiger partial charge in [0.05, 0.1) is 27.7 Å². The Balaban J connectivity index is 2.32. The van der Waals surface area contributed by atoms with Crippen molar-refractivity contribution in [2.24, 2.45) is 0 Å². The van der Waals surface area contributed by atoms with Gasteiger partial charge in [-0.3, -0.25) is 0 Å². The molecule has 0 aliphatic rings. The van der Waals surface area contributed by atoms with Gasteiger partial charge in [0.25, 0.3) is 10.0 Å². The highest BCUT2D eigenvalue weighted by atomic mass is 79.9. The molecular weight excluding hydrogens is 400 g/mol. The highest BCUT2D eigenvalue weighted by molar-refractivity contribution is 9.11. The average Bonchev–Trinajstić information content (AvgIpc) is 3.05. The molecule has 0 saturated heterocycles. The van der Waals surface area contributed by atoms with Gasteiger partial charge in [-0.05, 0) is 34.1 Å². The second-order valence-corrected chi connectivity index (χ2v) is 8.96. The topological polar surface area (TPSA) is 74.3 Å². The van der Waals surface area contributed by atoms with Crippen molar-refractivity contribution in [1.82, 2.24) is 4.31 Å². The van der Waals surface area contributed by atoms with Crippen molar-refractivity contribution >= 4 is 48.9 Å². The summed E-state index contributed by atoms with van der Waals surface area (Å²) < 4.78 is 32.4. The van der Waals surface area contributed by atoms with E-state index < -0.39 is 10.0 Å². The average molecular weight is 410 g/mol. The van der Waals surface area contributed by atoms with Crippen molar-refractivity contribution in [3.8, 4) is 6.07 Å². The van der Waals surface area contributed by atoms with Gasteiger partial charge in [0.15, 0.2) is 0 Å². The number of rotatable bonds is 6. The highest BCUT2D eigenvalue weighted by Gasteiger charge is 2.27. The third-order valence-electron chi connectivity index (χ3n) is 2.60. The zero-order valence-electron chi connectivity index (χ0n) is 10.6. The van der Waals surface area contributed by atoms with Crippen molar-refractivity contribution in [1.29, 1.82) is 5.26 Å². The molecule has 112 valence electrons. The van der Waals surface area contributed by atoms with Crippen LogP contribution in [0, 0.1) is 11.3 Å². The summed E-state index contributed by atoms with van der Waals surface area (Å²) in [6, 6.07) is 6.72. The molecule has 0 aromatic carbocycles. The third kappa shape index (κ3) is 3.87.